The van der Waals surface area contributed by atoms with E-state index >= 15 is 0 Å². The molecule has 0 aliphatic heterocycles. The summed E-state index contributed by atoms with van der Waals surface area (Å²) in [6, 6.07) is 14.9. The SMILES string of the molecule is COc1cccc(CN(C(=O)COc2ccccc2C(C)(C)C)C(C)C(=O)NC2CCCCC2)c1. The van der Waals surface area contributed by atoms with Gasteiger partial charge in [-0.3, -0.25) is 9.59 Å². The molecule has 190 valence electrons. The number of benzene rings is 2. The molecule has 1 aliphatic carbocycles. The summed E-state index contributed by atoms with van der Waals surface area (Å²) in [6.07, 6.45) is 5.47. The van der Waals surface area contributed by atoms with Gasteiger partial charge in [0.2, 0.25) is 5.91 Å². The predicted molar refractivity (Wildman–Crippen MR) is 139 cm³/mol. The first-order chi connectivity index (χ1) is 16.7. The van der Waals surface area contributed by atoms with Gasteiger partial charge in [-0.05, 0) is 54.5 Å². The summed E-state index contributed by atoms with van der Waals surface area (Å²) in [4.78, 5) is 28.2. The van der Waals surface area contributed by atoms with Crippen molar-refractivity contribution in [3.05, 3.63) is 59.7 Å². The number of methoxy groups -OCH3 is 1. The molecular weight excluding hydrogens is 440 g/mol. The minimum Gasteiger partial charge on any atom is -0.497 e. The number of hydrogen-bond donors (Lipinski definition) is 1. The number of amides is 2. The van der Waals surface area contributed by atoms with E-state index in [-0.39, 0.29) is 29.9 Å². The Bertz CT molecular complexity index is 992. The van der Waals surface area contributed by atoms with Crippen molar-refractivity contribution in [3.8, 4) is 11.5 Å². The van der Waals surface area contributed by atoms with E-state index in [0.717, 1.165) is 36.8 Å². The summed E-state index contributed by atoms with van der Waals surface area (Å²) in [5.74, 6) is 1.05. The van der Waals surface area contributed by atoms with Gasteiger partial charge in [0.1, 0.15) is 17.5 Å². The Kier molecular flexibility index (Phi) is 9.19. The summed E-state index contributed by atoms with van der Waals surface area (Å²) >= 11 is 0. The Hall–Kier alpha value is -3.02. The van der Waals surface area contributed by atoms with Crippen molar-refractivity contribution in [2.75, 3.05) is 13.7 Å². The Morgan fingerprint density at radius 2 is 1.77 bits per heavy atom. The molecule has 1 N–H and O–H groups in total. The monoisotopic (exact) mass is 480 g/mol. The number of para-hydroxylation sites is 1. The van der Waals surface area contributed by atoms with E-state index in [4.69, 9.17) is 9.47 Å². The summed E-state index contributed by atoms with van der Waals surface area (Å²) in [7, 11) is 1.61. The highest BCUT2D eigenvalue weighted by molar-refractivity contribution is 5.88. The third-order valence-corrected chi connectivity index (χ3v) is 6.65. The third kappa shape index (κ3) is 7.48. The van der Waals surface area contributed by atoms with Crippen LogP contribution in [0.1, 0.15) is 70.9 Å². The van der Waals surface area contributed by atoms with Crippen molar-refractivity contribution in [3.63, 3.8) is 0 Å². The zero-order chi connectivity index (χ0) is 25.4. The first-order valence-corrected chi connectivity index (χ1v) is 12.6. The van der Waals surface area contributed by atoms with Crippen LogP contribution >= 0.6 is 0 Å². The summed E-state index contributed by atoms with van der Waals surface area (Å²) in [5.41, 5.74) is 1.81. The molecule has 0 radical (unpaired) electrons. The molecule has 2 amide bonds. The van der Waals surface area contributed by atoms with Gasteiger partial charge in [0.25, 0.3) is 5.91 Å². The number of ether oxygens (including phenoxy) is 2. The standard InChI is InChI=1S/C29H40N2O4/c1-21(28(33)30-23-13-7-6-8-14-23)31(19-22-12-11-15-24(18-22)34-5)27(32)20-35-26-17-10-9-16-25(26)29(2,3)4/h9-12,15-18,21,23H,6-8,13-14,19-20H2,1-5H3,(H,30,33). The van der Waals surface area contributed by atoms with Crippen LogP contribution in [0, 0.1) is 0 Å². The molecule has 2 aromatic rings. The van der Waals surface area contributed by atoms with Crippen LogP contribution in [0.3, 0.4) is 0 Å². The van der Waals surface area contributed by atoms with E-state index in [1.54, 1.807) is 18.9 Å². The molecule has 6 nitrogen and oxygen atoms in total. The summed E-state index contributed by atoms with van der Waals surface area (Å²) < 4.78 is 11.4. The van der Waals surface area contributed by atoms with Gasteiger partial charge in [-0.1, -0.05) is 70.4 Å². The first kappa shape index (κ1) is 26.6. The van der Waals surface area contributed by atoms with Crippen molar-refractivity contribution < 1.29 is 19.1 Å². The van der Waals surface area contributed by atoms with Gasteiger partial charge in [0.05, 0.1) is 7.11 Å². The van der Waals surface area contributed by atoms with Crippen molar-refractivity contribution >= 4 is 11.8 Å². The maximum Gasteiger partial charge on any atom is 0.261 e. The Labute approximate surface area is 210 Å². The van der Waals surface area contributed by atoms with Gasteiger partial charge in [-0.25, -0.2) is 0 Å². The third-order valence-electron chi connectivity index (χ3n) is 6.65. The lowest BCUT2D eigenvalue weighted by Gasteiger charge is -2.31. The molecule has 2 aromatic carbocycles. The molecule has 0 aromatic heterocycles. The molecule has 1 atom stereocenters. The van der Waals surface area contributed by atoms with Crippen LogP contribution in [-0.4, -0.2) is 42.5 Å². The van der Waals surface area contributed by atoms with Crippen LogP contribution in [0.2, 0.25) is 0 Å². The average molecular weight is 481 g/mol. The smallest absolute Gasteiger partial charge is 0.261 e. The Morgan fingerprint density at radius 3 is 2.46 bits per heavy atom. The fourth-order valence-electron chi connectivity index (χ4n) is 4.55. The fourth-order valence-corrected chi connectivity index (χ4v) is 4.55. The second kappa shape index (κ2) is 12.1. The second-order valence-corrected chi connectivity index (χ2v) is 10.4. The second-order valence-electron chi connectivity index (χ2n) is 10.4. The predicted octanol–water partition coefficient (Wildman–Crippen LogP) is 5.24. The van der Waals surface area contributed by atoms with Gasteiger partial charge in [0, 0.05) is 12.6 Å². The Morgan fingerprint density at radius 1 is 1.06 bits per heavy atom. The maximum atomic E-state index is 13.5. The van der Waals surface area contributed by atoms with Crippen LogP contribution in [0.15, 0.2) is 48.5 Å². The van der Waals surface area contributed by atoms with Crippen LogP contribution in [0.5, 0.6) is 11.5 Å². The van der Waals surface area contributed by atoms with Crippen molar-refractivity contribution in [1.82, 2.24) is 10.2 Å². The largest absolute Gasteiger partial charge is 0.497 e. The number of nitrogens with one attached hydrogen (secondary N) is 1. The summed E-state index contributed by atoms with van der Waals surface area (Å²) in [5, 5.41) is 3.17. The van der Waals surface area contributed by atoms with Gasteiger partial charge >= 0.3 is 0 Å². The molecule has 35 heavy (non-hydrogen) atoms. The highest BCUT2D eigenvalue weighted by atomic mass is 16.5. The first-order valence-electron chi connectivity index (χ1n) is 12.6. The Balaban J connectivity index is 1.77. The normalized spacial score (nSPS) is 15.2. The molecular formula is C29H40N2O4. The molecule has 1 saturated carbocycles. The van der Waals surface area contributed by atoms with Crippen LogP contribution in [0.4, 0.5) is 0 Å². The van der Waals surface area contributed by atoms with Crippen LogP contribution in [-0.2, 0) is 21.5 Å². The van der Waals surface area contributed by atoms with E-state index in [0.29, 0.717) is 18.0 Å². The van der Waals surface area contributed by atoms with Gasteiger partial charge < -0.3 is 19.7 Å². The minimum absolute atomic E-state index is 0.118. The molecule has 0 bridgehead atoms. The number of carbonyl (C=O) groups is 2. The molecule has 0 saturated heterocycles. The molecule has 0 heterocycles. The van der Waals surface area contributed by atoms with E-state index in [1.807, 2.05) is 48.5 Å². The van der Waals surface area contributed by atoms with Gasteiger partial charge in [-0.2, -0.15) is 0 Å². The van der Waals surface area contributed by atoms with Crippen LogP contribution in [0.25, 0.3) is 0 Å². The topological polar surface area (TPSA) is 67.9 Å². The lowest BCUT2D eigenvalue weighted by molar-refractivity contribution is -0.142. The highest BCUT2D eigenvalue weighted by Gasteiger charge is 2.29. The lowest BCUT2D eigenvalue weighted by Crippen LogP contribution is -2.51. The lowest BCUT2D eigenvalue weighted by atomic mass is 9.86. The molecule has 3 rings (SSSR count). The molecule has 1 fully saturated rings. The number of rotatable bonds is 9. The number of hydrogen-bond acceptors (Lipinski definition) is 4. The quantitative estimate of drug-likeness (QED) is 0.533. The van der Waals surface area contributed by atoms with Crippen molar-refractivity contribution in [2.24, 2.45) is 0 Å². The molecule has 1 unspecified atom stereocenters. The maximum absolute atomic E-state index is 13.5. The van der Waals surface area contributed by atoms with E-state index in [2.05, 4.69) is 26.1 Å². The minimum atomic E-state index is -0.628. The zero-order valence-corrected chi connectivity index (χ0v) is 21.8. The van der Waals surface area contributed by atoms with Gasteiger partial charge in [0.15, 0.2) is 6.61 Å². The highest BCUT2D eigenvalue weighted by Crippen LogP contribution is 2.31. The van der Waals surface area contributed by atoms with Gasteiger partial charge in [-0.15, -0.1) is 0 Å². The fraction of sp³-hybridized carbons (Fsp3) is 0.517. The zero-order valence-electron chi connectivity index (χ0n) is 21.8. The van der Waals surface area contributed by atoms with E-state index in [9.17, 15) is 9.59 Å². The molecule has 6 heteroatoms. The van der Waals surface area contributed by atoms with E-state index in [1.165, 1.54) is 6.42 Å². The van der Waals surface area contributed by atoms with Crippen molar-refractivity contribution in [2.45, 2.75) is 83.8 Å². The van der Waals surface area contributed by atoms with Crippen molar-refractivity contribution in [1.29, 1.82) is 0 Å². The number of nitrogens with zero attached hydrogens (tertiary/aromatic N) is 1. The molecule has 0 spiro atoms. The summed E-state index contributed by atoms with van der Waals surface area (Å²) in [6.45, 7) is 8.29. The average Bonchev–Trinajstić information content (AvgIpc) is 2.85. The molecule has 1 aliphatic rings. The number of carbonyl (C=O) groups excluding carboxylic acids is 2. The van der Waals surface area contributed by atoms with Crippen LogP contribution < -0.4 is 14.8 Å². The van der Waals surface area contributed by atoms with E-state index < -0.39 is 6.04 Å².